The Balaban J connectivity index is 1.89. The van der Waals surface area contributed by atoms with Gasteiger partial charge in [0, 0.05) is 15.5 Å². The van der Waals surface area contributed by atoms with Crippen LogP contribution in [-0.4, -0.2) is 9.19 Å². The van der Waals surface area contributed by atoms with Gasteiger partial charge in [0.25, 0.3) is 0 Å². The molecule has 1 aromatic heterocycles. The van der Waals surface area contributed by atoms with Gasteiger partial charge in [-0.15, -0.1) is 0 Å². The molecule has 1 atom stereocenters. The molecule has 0 bridgehead atoms. The van der Waals surface area contributed by atoms with E-state index in [-0.39, 0.29) is 0 Å². The Labute approximate surface area is 133 Å². The summed E-state index contributed by atoms with van der Waals surface area (Å²) in [5.74, 6) is 0.382. The minimum atomic E-state index is -1.16. The summed E-state index contributed by atoms with van der Waals surface area (Å²) in [5, 5.41) is 1.08. The second-order valence-electron chi connectivity index (χ2n) is 4.68. The zero-order valence-electron chi connectivity index (χ0n) is 11.1. The molecule has 1 unspecified atom stereocenters. The predicted molar refractivity (Wildman–Crippen MR) is 90.4 cm³/mol. The van der Waals surface area contributed by atoms with E-state index in [9.17, 15) is 4.21 Å². The number of pyridine rings is 1. The van der Waals surface area contributed by atoms with Crippen molar-refractivity contribution in [1.29, 1.82) is 0 Å². The lowest BCUT2D eigenvalue weighted by Gasteiger charge is -2.06. The Morgan fingerprint density at radius 2 is 1.90 bits per heavy atom. The molecule has 2 N–H and O–H groups in total. The number of nitrogen functional groups attached to an aromatic ring is 1. The highest BCUT2D eigenvalue weighted by Crippen LogP contribution is 2.24. The van der Waals surface area contributed by atoms with Crippen LogP contribution >= 0.6 is 15.9 Å². The van der Waals surface area contributed by atoms with E-state index >= 15 is 0 Å². The fourth-order valence-electron chi connectivity index (χ4n) is 2.10. The van der Waals surface area contributed by atoms with Gasteiger partial charge in [0.2, 0.25) is 0 Å². The summed E-state index contributed by atoms with van der Waals surface area (Å²) in [6, 6.07) is 17.1. The van der Waals surface area contributed by atoms with Crippen LogP contribution in [0.1, 0.15) is 5.69 Å². The molecule has 5 heteroatoms. The highest BCUT2D eigenvalue weighted by molar-refractivity contribution is 9.10. The van der Waals surface area contributed by atoms with Crippen molar-refractivity contribution >= 4 is 43.3 Å². The van der Waals surface area contributed by atoms with Crippen LogP contribution in [0.15, 0.2) is 64.0 Å². The van der Waals surface area contributed by atoms with Crippen LogP contribution < -0.4 is 5.73 Å². The number of nitrogens with zero attached hydrogens (tertiary/aromatic N) is 1. The van der Waals surface area contributed by atoms with E-state index in [0.717, 1.165) is 26.0 Å². The molecule has 0 aliphatic carbocycles. The average Bonchev–Trinajstić information content (AvgIpc) is 2.47. The number of hydrogen-bond acceptors (Lipinski definition) is 3. The summed E-state index contributed by atoms with van der Waals surface area (Å²) >= 11 is 3.41. The molecule has 2 aromatic carbocycles. The molecular weight excluding hydrogens is 348 g/mol. The molecule has 0 fully saturated rings. The normalized spacial score (nSPS) is 12.4. The Hall–Kier alpha value is -1.72. The van der Waals surface area contributed by atoms with Crippen LogP contribution in [0.25, 0.3) is 10.9 Å². The van der Waals surface area contributed by atoms with Crippen LogP contribution in [0, 0.1) is 0 Å². The highest BCUT2D eigenvalue weighted by Gasteiger charge is 2.10. The number of benzene rings is 2. The highest BCUT2D eigenvalue weighted by atomic mass is 79.9. The third kappa shape index (κ3) is 3.14. The van der Waals surface area contributed by atoms with Gasteiger partial charge >= 0.3 is 0 Å². The monoisotopic (exact) mass is 360 g/mol. The molecule has 0 saturated carbocycles. The van der Waals surface area contributed by atoms with Gasteiger partial charge in [-0.25, -0.2) is 0 Å². The molecule has 0 aliphatic rings. The zero-order valence-corrected chi connectivity index (χ0v) is 13.5. The van der Waals surface area contributed by atoms with Crippen LogP contribution in [0.2, 0.25) is 0 Å². The first kappa shape index (κ1) is 14.2. The SMILES string of the molecule is Nc1ccc(S(=O)Cc2ccc3ccccc3n2)c(Br)c1. The summed E-state index contributed by atoms with van der Waals surface area (Å²) < 4.78 is 13.2. The fourth-order valence-corrected chi connectivity index (χ4v) is 4.12. The molecule has 106 valence electrons. The molecule has 3 rings (SSSR count). The second-order valence-corrected chi connectivity index (χ2v) is 6.95. The Morgan fingerprint density at radius 3 is 2.71 bits per heavy atom. The third-order valence-corrected chi connectivity index (χ3v) is 5.46. The molecular formula is C16H13BrN2OS. The van der Waals surface area contributed by atoms with Gasteiger partial charge in [-0.1, -0.05) is 24.3 Å². The number of aromatic nitrogens is 1. The summed E-state index contributed by atoms with van der Waals surface area (Å²) in [6.07, 6.45) is 0. The average molecular weight is 361 g/mol. The van der Waals surface area contributed by atoms with Gasteiger partial charge in [0.1, 0.15) is 0 Å². The third-order valence-electron chi connectivity index (χ3n) is 3.14. The number of nitrogens with two attached hydrogens (primary N) is 1. The van der Waals surface area contributed by atoms with Gasteiger partial charge in [-0.2, -0.15) is 0 Å². The Bertz CT molecular complexity index is 835. The smallest absolute Gasteiger partial charge is 0.0706 e. The number of para-hydroxylation sites is 1. The van der Waals surface area contributed by atoms with E-state index in [1.807, 2.05) is 36.4 Å². The van der Waals surface area contributed by atoms with Crippen molar-refractivity contribution in [3.05, 3.63) is 64.8 Å². The largest absolute Gasteiger partial charge is 0.399 e. The fraction of sp³-hybridized carbons (Fsp3) is 0.0625. The standard InChI is InChI=1S/C16H13BrN2OS/c17-14-9-12(18)6-8-16(14)21(20)10-13-7-5-11-3-1-2-4-15(11)19-13/h1-9H,10,18H2. The van der Waals surface area contributed by atoms with E-state index < -0.39 is 10.8 Å². The molecule has 21 heavy (non-hydrogen) atoms. The minimum Gasteiger partial charge on any atom is -0.399 e. The van der Waals surface area contributed by atoms with Crippen molar-refractivity contribution in [3.8, 4) is 0 Å². The first-order chi connectivity index (χ1) is 10.1. The first-order valence-electron chi connectivity index (χ1n) is 6.41. The number of hydrogen-bond donors (Lipinski definition) is 1. The quantitative estimate of drug-likeness (QED) is 0.720. The Kier molecular flexibility index (Phi) is 4.03. The van der Waals surface area contributed by atoms with E-state index in [1.54, 1.807) is 18.2 Å². The number of anilines is 1. The van der Waals surface area contributed by atoms with Gasteiger partial charge in [0.05, 0.1) is 32.7 Å². The van der Waals surface area contributed by atoms with Gasteiger partial charge in [-0.3, -0.25) is 9.19 Å². The summed E-state index contributed by atoms with van der Waals surface area (Å²) in [4.78, 5) is 5.29. The summed E-state index contributed by atoms with van der Waals surface area (Å²) in [5.41, 5.74) is 8.08. The van der Waals surface area contributed by atoms with Crippen molar-refractivity contribution in [1.82, 2.24) is 4.98 Å². The summed E-state index contributed by atoms with van der Waals surface area (Å²) in [6.45, 7) is 0. The molecule has 0 radical (unpaired) electrons. The van der Waals surface area contributed by atoms with E-state index in [2.05, 4.69) is 20.9 Å². The number of fused-ring (bicyclic) bond motifs is 1. The topological polar surface area (TPSA) is 56.0 Å². The van der Waals surface area contributed by atoms with E-state index in [0.29, 0.717) is 11.4 Å². The van der Waals surface area contributed by atoms with Crippen LogP contribution in [0.5, 0.6) is 0 Å². The minimum absolute atomic E-state index is 0.382. The lowest BCUT2D eigenvalue weighted by Crippen LogP contribution is -2.00. The first-order valence-corrected chi connectivity index (χ1v) is 8.53. The Morgan fingerprint density at radius 1 is 1.10 bits per heavy atom. The summed E-state index contributed by atoms with van der Waals surface area (Å²) in [7, 11) is -1.16. The predicted octanol–water partition coefficient (Wildman–Crippen LogP) is 3.89. The molecule has 0 amide bonds. The number of rotatable bonds is 3. The van der Waals surface area contributed by atoms with Crippen molar-refractivity contribution in [2.75, 3.05) is 5.73 Å². The maximum absolute atomic E-state index is 12.5. The van der Waals surface area contributed by atoms with E-state index in [1.165, 1.54) is 0 Å². The van der Waals surface area contributed by atoms with Gasteiger partial charge in [-0.05, 0) is 46.3 Å². The molecule has 0 saturated heterocycles. The van der Waals surface area contributed by atoms with Crippen molar-refractivity contribution < 1.29 is 4.21 Å². The molecule has 0 aliphatic heterocycles. The lowest BCUT2D eigenvalue weighted by molar-refractivity contribution is 0.682. The molecule has 3 nitrogen and oxygen atoms in total. The van der Waals surface area contributed by atoms with Crippen molar-refractivity contribution in [3.63, 3.8) is 0 Å². The van der Waals surface area contributed by atoms with Crippen LogP contribution in [-0.2, 0) is 16.6 Å². The van der Waals surface area contributed by atoms with Gasteiger partial charge < -0.3 is 5.73 Å². The van der Waals surface area contributed by atoms with Crippen LogP contribution in [0.4, 0.5) is 5.69 Å². The maximum Gasteiger partial charge on any atom is 0.0706 e. The van der Waals surface area contributed by atoms with Crippen molar-refractivity contribution in [2.24, 2.45) is 0 Å². The van der Waals surface area contributed by atoms with Crippen LogP contribution in [0.3, 0.4) is 0 Å². The number of halogens is 1. The zero-order chi connectivity index (χ0) is 14.8. The van der Waals surface area contributed by atoms with Crippen molar-refractivity contribution in [2.45, 2.75) is 10.6 Å². The molecule has 3 aromatic rings. The lowest BCUT2D eigenvalue weighted by atomic mass is 10.2. The van der Waals surface area contributed by atoms with Gasteiger partial charge in [0.15, 0.2) is 0 Å². The second kappa shape index (κ2) is 5.95. The molecule has 0 spiro atoms. The maximum atomic E-state index is 12.5. The molecule has 1 heterocycles. The van der Waals surface area contributed by atoms with E-state index in [4.69, 9.17) is 5.73 Å².